The van der Waals surface area contributed by atoms with E-state index in [1.807, 2.05) is 73.7 Å². The van der Waals surface area contributed by atoms with E-state index in [2.05, 4.69) is 0 Å². The van der Waals surface area contributed by atoms with Gasteiger partial charge in [-0.15, -0.1) is 0 Å². The molecule has 5 atom stereocenters. The number of rotatable bonds is 5. The Labute approximate surface area is 227 Å². The molecule has 6 rings (SSSR count). The lowest BCUT2D eigenvalue weighted by molar-refractivity contribution is -0.159. The fourth-order valence-electron chi connectivity index (χ4n) is 6.93. The Balaban J connectivity index is 1.48. The highest BCUT2D eigenvalue weighted by Crippen LogP contribution is 2.58. The van der Waals surface area contributed by atoms with E-state index in [-0.39, 0.29) is 31.6 Å². The Morgan fingerprint density at radius 1 is 1.00 bits per heavy atom. The summed E-state index contributed by atoms with van der Waals surface area (Å²) in [6, 6.07) is 12.9. The van der Waals surface area contributed by atoms with Crippen LogP contribution < -0.4 is 4.90 Å². The number of aliphatic hydroxyl groups is 1. The SMILES string of the molecule is CC[C@]12/C=C\CCCOC(=O)[C@H]1[C@H]1C(=O)N(CCCO)C3C(=O)N(c4ccc5ccccc5c4)CC=C[C@@]31O2. The van der Waals surface area contributed by atoms with Crippen molar-refractivity contribution in [1.29, 1.82) is 0 Å². The summed E-state index contributed by atoms with van der Waals surface area (Å²) in [5, 5.41) is 11.7. The zero-order valence-electron chi connectivity index (χ0n) is 22.1. The van der Waals surface area contributed by atoms with Crippen molar-refractivity contribution in [2.24, 2.45) is 11.8 Å². The van der Waals surface area contributed by atoms with E-state index in [4.69, 9.17) is 9.47 Å². The molecular weight excluding hydrogens is 496 g/mol. The van der Waals surface area contributed by atoms with Crippen molar-refractivity contribution >= 4 is 34.2 Å². The molecule has 4 heterocycles. The fourth-order valence-corrected chi connectivity index (χ4v) is 6.93. The van der Waals surface area contributed by atoms with Gasteiger partial charge in [-0.2, -0.15) is 0 Å². The molecule has 204 valence electrons. The Morgan fingerprint density at radius 2 is 1.82 bits per heavy atom. The maximum absolute atomic E-state index is 14.5. The maximum Gasteiger partial charge on any atom is 0.313 e. The Bertz CT molecular complexity index is 1370. The summed E-state index contributed by atoms with van der Waals surface area (Å²) < 4.78 is 12.6. The van der Waals surface area contributed by atoms with E-state index in [9.17, 15) is 19.5 Å². The van der Waals surface area contributed by atoms with Crippen LogP contribution in [0.1, 0.15) is 32.6 Å². The second-order valence-corrected chi connectivity index (χ2v) is 10.8. The van der Waals surface area contributed by atoms with E-state index < -0.39 is 35.0 Å². The van der Waals surface area contributed by atoms with Gasteiger partial charge in [-0.3, -0.25) is 14.4 Å². The Morgan fingerprint density at radius 3 is 2.62 bits per heavy atom. The first-order valence-corrected chi connectivity index (χ1v) is 13.9. The molecule has 39 heavy (non-hydrogen) atoms. The fraction of sp³-hybridized carbons (Fsp3) is 0.452. The molecular formula is C31H34N2O6. The maximum atomic E-state index is 14.5. The number of ether oxygens (including phenoxy) is 2. The zero-order valence-corrected chi connectivity index (χ0v) is 22.1. The number of aliphatic hydroxyl groups excluding tert-OH is 1. The van der Waals surface area contributed by atoms with E-state index in [1.54, 1.807) is 4.90 Å². The van der Waals surface area contributed by atoms with Gasteiger partial charge in [-0.05, 0) is 48.6 Å². The lowest BCUT2D eigenvalue weighted by atomic mass is 9.73. The topological polar surface area (TPSA) is 96.4 Å². The van der Waals surface area contributed by atoms with Gasteiger partial charge in [0.1, 0.15) is 23.2 Å². The molecule has 8 nitrogen and oxygen atoms in total. The average molecular weight is 531 g/mol. The van der Waals surface area contributed by atoms with E-state index in [0.29, 0.717) is 25.8 Å². The minimum atomic E-state index is -1.33. The van der Waals surface area contributed by atoms with Crippen LogP contribution in [0.15, 0.2) is 66.8 Å². The number of nitrogens with zero attached hydrogens (tertiary/aromatic N) is 2. The average Bonchev–Trinajstić information content (AvgIpc) is 3.32. The zero-order chi connectivity index (χ0) is 27.2. The number of carbonyl (C=O) groups is 3. The van der Waals surface area contributed by atoms with Crippen LogP contribution in [0.3, 0.4) is 0 Å². The number of fused-ring (bicyclic) bond motifs is 3. The van der Waals surface area contributed by atoms with Crippen LogP contribution in [0.5, 0.6) is 0 Å². The predicted octanol–water partition coefficient (Wildman–Crippen LogP) is 3.38. The summed E-state index contributed by atoms with van der Waals surface area (Å²) in [5.41, 5.74) is -1.67. The van der Waals surface area contributed by atoms with Crippen molar-refractivity contribution < 1.29 is 29.0 Å². The number of benzene rings is 2. The minimum Gasteiger partial charge on any atom is -0.465 e. The van der Waals surface area contributed by atoms with Crippen molar-refractivity contribution in [3.05, 3.63) is 66.8 Å². The first-order chi connectivity index (χ1) is 19.0. The number of likely N-dealkylation sites (tertiary alicyclic amines) is 1. The summed E-state index contributed by atoms with van der Waals surface area (Å²) in [6.45, 7) is 2.57. The number of esters is 1. The molecule has 1 unspecified atom stereocenters. The molecule has 2 saturated heterocycles. The molecule has 2 fully saturated rings. The van der Waals surface area contributed by atoms with Crippen molar-refractivity contribution in [3.8, 4) is 0 Å². The molecule has 0 aromatic heterocycles. The number of cyclic esters (lactones) is 1. The summed E-state index contributed by atoms with van der Waals surface area (Å²) in [4.78, 5) is 45.5. The lowest BCUT2D eigenvalue weighted by Gasteiger charge is -2.38. The standard InChI is InChI=1S/C31H34N2O6/c1-2-30-14-6-3-7-19-38-29(37)25(30)24-27(35)33(17-9-18-34)26-28(36)32(16-8-15-31(24,26)39-30)23-13-12-21-10-4-5-11-22(21)20-23/h4-6,8,10-15,20,24-26,34H,2-3,7,9,16-19H2,1H3/b14-6-/t24-,25+,26?,30-,31-/m0/s1. The van der Waals surface area contributed by atoms with Gasteiger partial charge >= 0.3 is 5.97 Å². The predicted molar refractivity (Wildman–Crippen MR) is 146 cm³/mol. The molecule has 0 radical (unpaired) electrons. The van der Waals surface area contributed by atoms with Gasteiger partial charge in [0, 0.05) is 25.4 Å². The number of amides is 2. The van der Waals surface area contributed by atoms with Gasteiger partial charge in [0.25, 0.3) is 5.91 Å². The molecule has 0 aliphatic carbocycles. The van der Waals surface area contributed by atoms with E-state index in [0.717, 1.165) is 22.9 Å². The molecule has 4 aliphatic rings. The van der Waals surface area contributed by atoms with Crippen LogP contribution in [-0.4, -0.2) is 71.3 Å². The van der Waals surface area contributed by atoms with Crippen molar-refractivity contribution in [2.75, 3.05) is 31.2 Å². The Kier molecular flexibility index (Phi) is 6.55. The molecule has 0 saturated carbocycles. The van der Waals surface area contributed by atoms with Gasteiger partial charge in [0.05, 0.1) is 12.5 Å². The molecule has 0 bridgehead atoms. The minimum absolute atomic E-state index is 0.124. The van der Waals surface area contributed by atoms with Gasteiger partial charge in [-0.25, -0.2) is 0 Å². The third-order valence-electron chi connectivity index (χ3n) is 8.73. The molecule has 2 aromatic carbocycles. The molecule has 1 spiro atoms. The summed E-state index contributed by atoms with van der Waals surface area (Å²) in [6.07, 6.45) is 9.84. The van der Waals surface area contributed by atoms with Crippen LogP contribution in [0.25, 0.3) is 10.8 Å². The Hall–Kier alpha value is -3.49. The third kappa shape index (κ3) is 3.92. The third-order valence-corrected chi connectivity index (χ3v) is 8.73. The van der Waals surface area contributed by atoms with Gasteiger partial charge < -0.3 is 24.4 Å². The second kappa shape index (κ2) is 9.92. The summed E-state index contributed by atoms with van der Waals surface area (Å²) in [7, 11) is 0. The van der Waals surface area contributed by atoms with Crippen LogP contribution in [0, 0.1) is 11.8 Å². The van der Waals surface area contributed by atoms with Gasteiger partial charge in [-0.1, -0.05) is 61.6 Å². The largest absolute Gasteiger partial charge is 0.465 e. The summed E-state index contributed by atoms with van der Waals surface area (Å²) >= 11 is 0. The van der Waals surface area contributed by atoms with Crippen LogP contribution in [-0.2, 0) is 23.9 Å². The molecule has 8 heteroatoms. The highest BCUT2D eigenvalue weighted by molar-refractivity contribution is 6.06. The van der Waals surface area contributed by atoms with Gasteiger partial charge in [0.2, 0.25) is 5.91 Å². The smallest absolute Gasteiger partial charge is 0.313 e. The first-order valence-electron chi connectivity index (χ1n) is 13.9. The quantitative estimate of drug-likeness (QED) is 0.470. The number of carbonyl (C=O) groups excluding carboxylic acids is 3. The van der Waals surface area contributed by atoms with Crippen LogP contribution >= 0.6 is 0 Å². The number of allylic oxidation sites excluding steroid dienone is 1. The van der Waals surface area contributed by atoms with Crippen molar-refractivity contribution in [2.45, 2.75) is 49.9 Å². The molecule has 2 amide bonds. The van der Waals surface area contributed by atoms with Crippen molar-refractivity contribution in [3.63, 3.8) is 0 Å². The molecule has 4 aliphatic heterocycles. The first kappa shape index (κ1) is 25.8. The van der Waals surface area contributed by atoms with E-state index >= 15 is 0 Å². The van der Waals surface area contributed by atoms with Gasteiger partial charge in [0.15, 0.2) is 0 Å². The number of hydrogen-bond acceptors (Lipinski definition) is 6. The normalized spacial score (nSPS) is 33.1. The monoisotopic (exact) mass is 530 g/mol. The van der Waals surface area contributed by atoms with Crippen LogP contribution in [0.4, 0.5) is 5.69 Å². The highest BCUT2D eigenvalue weighted by atomic mass is 16.6. The highest BCUT2D eigenvalue weighted by Gasteiger charge is 2.75. The summed E-state index contributed by atoms with van der Waals surface area (Å²) in [5.74, 6) is -2.82. The number of anilines is 1. The lowest BCUT2D eigenvalue weighted by Crippen LogP contribution is -2.56. The molecule has 2 aromatic rings. The van der Waals surface area contributed by atoms with E-state index in [1.165, 1.54) is 4.90 Å². The second-order valence-electron chi connectivity index (χ2n) is 10.8. The van der Waals surface area contributed by atoms with Crippen molar-refractivity contribution in [1.82, 2.24) is 4.90 Å². The van der Waals surface area contributed by atoms with Crippen LogP contribution in [0.2, 0.25) is 0 Å². The molecule has 1 N–H and O–H groups in total. The number of hydrogen-bond donors (Lipinski definition) is 1.